The molecule has 0 amide bonds. The molecule has 8 heteroatoms. The maximum Gasteiger partial charge on any atom is 0.492 e. The van der Waals surface area contributed by atoms with Gasteiger partial charge in [-0.3, -0.25) is 0 Å². The lowest BCUT2D eigenvalue weighted by Crippen LogP contribution is -2.39. The number of hydrogen-bond acceptors (Lipinski definition) is 3. The average molecular weight is 314 g/mol. The number of alkyl halides is 3. The van der Waals surface area contributed by atoms with E-state index in [2.05, 4.69) is 0 Å². The fraction of sp³-hybridized carbons (Fsp3) is 0.143. The second kappa shape index (κ2) is 6.37. The molecule has 0 radical (unpaired) electrons. The fourth-order valence-electron chi connectivity index (χ4n) is 1.92. The highest BCUT2D eigenvalue weighted by atomic mass is 19.4. The van der Waals surface area contributed by atoms with E-state index in [4.69, 9.17) is 14.8 Å². The molecule has 2 aromatic carbocycles. The second-order valence-electron chi connectivity index (χ2n) is 4.48. The van der Waals surface area contributed by atoms with E-state index in [1.54, 1.807) is 30.3 Å². The van der Waals surface area contributed by atoms with Gasteiger partial charge in [-0.15, -0.1) is 0 Å². The van der Waals surface area contributed by atoms with Crippen LogP contribution in [0.4, 0.5) is 17.6 Å². The molecular formula is C14H11BF4O3. The third kappa shape index (κ3) is 3.58. The van der Waals surface area contributed by atoms with Crippen molar-refractivity contribution >= 4 is 12.6 Å². The van der Waals surface area contributed by atoms with Crippen molar-refractivity contribution in [3.63, 3.8) is 0 Å². The number of ether oxygens (including phenoxy) is 1. The van der Waals surface area contributed by atoms with E-state index in [1.165, 1.54) is 0 Å². The van der Waals surface area contributed by atoms with Crippen molar-refractivity contribution in [2.45, 2.75) is 12.8 Å². The first-order chi connectivity index (χ1) is 10.3. The lowest BCUT2D eigenvalue weighted by molar-refractivity contribution is -0.137. The van der Waals surface area contributed by atoms with E-state index in [0.717, 1.165) is 6.07 Å². The predicted molar refractivity (Wildman–Crippen MR) is 72.0 cm³/mol. The summed E-state index contributed by atoms with van der Waals surface area (Å²) in [6.07, 6.45) is -4.90. The Kier molecular flexibility index (Phi) is 4.73. The number of rotatable bonds is 4. The Morgan fingerprint density at radius 2 is 1.64 bits per heavy atom. The minimum Gasteiger partial charge on any atom is -0.486 e. The molecule has 0 aliphatic carbocycles. The molecule has 0 atom stereocenters. The molecule has 0 fully saturated rings. The Bertz CT molecular complexity index is 645. The molecular weight excluding hydrogens is 303 g/mol. The molecule has 22 heavy (non-hydrogen) atoms. The van der Waals surface area contributed by atoms with Crippen LogP contribution in [0.3, 0.4) is 0 Å². The molecule has 2 rings (SSSR count). The van der Waals surface area contributed by atoms with Gasteiger partial charge in [0.25, 0.3) is 0 Å². The quantitative estimate of drug-likeness (QED) is 0.671. The van der Waals surface area contributed by atoms with Crippen LogP contribution in [0.5, 0.6) is 5.75 Å². The Morgan fingerprint density at radius 1 is 1.00 bits per heavy atom. The van der Waals surface area contributed by atoms with Gasteiger partial charge in [0, 0.05) is 5.46 Å². The molecule has 0 aliphatic rings. The molecule has 116 valence electrons. The van der Waals surface area contributed by atoms with Crippen molar-refractivity contribution in [3.05, 3.63) is 59.4 Å². The van der Waals surface area contributed by atoms with Gasteiger partial charge < -0.3 is 14.8 Å². The summed E-state index contributed by atoms with van der Waals surface area (Å²) >= 11 is 0. The van der Waals surface area contributed by atoms with Crippen LogP contribution >= 0.6 is 0 Å². The first kappa shape index (κ1) is 16.3. The lowest BCUT2D eigenvalue weighted by atomic mass is 9.76. The Morgan fingerprint density at radius 3 is 2.18 bits per heavy atom. The van der Waals surface area contributed by atoms with Gasteiger partial charge in [0.05, 0.1) is 5.56 Å². The zero-order chi connectivity index (χ0) is 16.3. The molecule has 3 nitrogen and oxygen atoms in total. The Labute approximate surface area is 123 Å². The summed E-state index contributed by atoms with van der Waals surface area (Å²) < 4.78 is 57.4. The smallest absolute Gasteiger partial charge is 0.486 e. The van der Waals surface area contributed by atoms with Crippen LogP contribution in [-0.2, 0) is 12.8 Å². The van der Waals surface area contributed by atoms with E-state index < -0.39 is 35.9 Å². The van der Waals surface area contributed by atoms with Crippen LogP contribution in [0.2, 0.25) is 0 Å². The van der Waals surface area contributed by atoms with Crippen LogP contribution < -0.4 is 10.2 Å². The Hall–Kier alpha value is -2.06. The zero-order valence-electron chi connectivity index (χ0n) is 11.1. The van der Waals surface area contributed by atoms with Gasteiger partial charge >= 0.3 is 13.3 Å². The van der Waals surface area contributed by atoms with Crippen molar-refractivity contribution < 1.29 is 32.3 Å². The third-order valence-corrected chi connectivity index (χ3v) is 2.95. The maximum absolute atomic E-state index is 14.1. The summed E-state index contributed by atoms with van der Waals surface area (Å²) in [6.45, 7) is -0.0654. The summed E-state index contributed by atoms with van der Waals surface area (Å²) in [6, 6.07) is 9.98. The van der Waals surface area contributed by atoms with E-state index in [-0.39, 0.29) is 6.61 Å². The molecule has 0 spiro atoms. The molecule has 0 saturated heterocycles. The molecule has 0 unspecified atom stereocenters. The van der Waals surface area contributed by atoms with Crippen LogP contribution in [0, 0.1) is 5.82 Å². The standard InChI is InChI=1S/C14H11BF4O3/c16-13-11(22-8-9-4-2-1-3-5-9)7-6-10(14(17,18)19)12(13)15(20)21/h1-7,20-21H,8H2. The highest BCUT2D eigenvalue weighted by molar-refractivity contribution is 6.59. The molecule has 2 N–H and O–H groups in total. The third-order valence-electron chi connectivity index (χ3n) is 2.95. The second-order valence-corrected chi connectivity index (χ2v) is 4.48. The van der Waals surface area contributed by atoms with E-state index in [9.17, 15) is 17.6 Å². The first-order valence-electron chi connectivity index (χ1n) is 6.23. The fourth-order valence-corrected chi connectivity index (χ4v) is 1.92. The number of halogens is 4. The summed E-state index contributed by atoms with van der Waals surface area (Å²) in [5, 5.41) is 18.0. The maximum atomic E-state index is 14.1. The van der Waals surface area contributed by atoms with Gasteiger partial charge in [0.15, 0.2) is 11.6 Å². The van der Waals surface area contributed by atoms with E-state index in [1.807, 2.05) is 0 Å². The van der Waals surface area contributed by atoms with Crippen LogP contribution in [0.1, 0.15) is 11.1 Å². The van der Waals surface area contributed by atoms with Gasteiger partial charge in [-0.1, -0.05) is 30.3 Å². The lowest BCUT2D eigenvalue weighted by Gasteiger charge is -2.16. The van der Waals surface area contributed by atoms with Gasteiger partial charge in [-0.25, -0.2) is 4.39 Å². The van der Waals surface area contributed by atoms with Crippen molar-refractivity contribution in [3.8, 4) is 5.75 Å². The first-order valence-corrected chi connectivity index (χ1v) is 6.23. The Balaban J connectivity index is 2.32. The van der Waals surface area contributed by atoms with Crippen LogP contribution in [0.25, 0.3) is 0 Å². The summed E-state index contributed by atoms with van der Waals surface area (Å²) in [5.41, 5.74) is -2.02. The van der Waals surface area contributed by atoms with Crippen molar-refractivity contribution in [1.29, 1.82) is 0 Å². The van der Waals surface area contributed by atoms with E-state index >= 15 is 0 Å². The van der Waals surface area contributed by atoms with Crippen molar-refractivity contribution in [2.75, 3.05) is 0 Å². The average Bonchev–Trinajstić information content (AvgIpc) is 2.45. The normalized spacial score (nSPS) is 11.4. The molecule has 0 bridgehead atoms. The zero-order valence-corrected chi connectivity index (χ0v) is 11.1. The minimum atomic E-state index is -4.90. The molecule has 0 aromatic heterocycles. The van der Waals surface area contributed by atoms with Gasteiger partial charge in [-0.05, 0) is 17.7 Å². The molecule has 0 saturated carbocycles. The number of hydrogen-bond donors (Lipinski definition) is 2. The molecule has 0 aliphatic heterocycles. The molecule has 0 heterocycles. The summed E-state index contributed by atoms with van der Waals surface area (Å²) in [7, 11) is -2.60. The van der Waals surface area contributed by atoms with E-state index in [0.29, 0.717) is 11.6 Å². The summed E-state index contributed by atoms with van der Waals surface area (Å²) in [4.78, 5) is 0. The van der Waals surface area contributed by atoms with Crippen LogP contribution in [-0.4, -0.2) is 17.2 Å². The largest absolute Gasteiger partial charge is 0.492 e. The predicted octanol–water partition coefficient (Wildman–Crippen LogP) is 2.10. The SMILES string of the molecule is OB(O)c1c(C(F)(F)F)ccc(OCc2ccccc2)c1F. The highest BCUT2D eigenvalue weighted by Gasteiger charge is 2.39. The van der Waals surface area contributed by atoms with Gasteiger partial charge in [-0.2, -0.15) is 13.2 Å². The monoisotopic (exact) mass is 314 g/mol. The van der Waals surface area contributed by atoms with Crippen LogP contribution in [0.15, 0.2) is 42.5 Å². The van der Waals surface area contributed by atoms with Gasteiger partial charge in [0.2, 0.25) is 0 Å². The molecule has 2 aromatic rings. The van der Waals surface area contributed by atoms with Gasteiger partial charge in [0.1, 0.15) is 6.61 Å². The highest BCUT2D eigenvalue weighted by Crippen LogP contribution is 2.31. The summed E-state index contributed by atoms with van der Waals surface area (Å²) in [5.74, 6) is -1.93. The van der Waals surface area contributed by atoms with Crippen molar-refractivity contribution in [1.82, 2.24) is 0 Å². The van der Waals surface area contributed by atoms with Crippen molar-refractivity contribution in [2.24, 2.45) is 0 Å². The topological polar surface area (TPSA) is 49.7 Å². The number of benzene rings is 2. The minimum absolute atomic E-state index is 0.0654.